The maximum absolute atomic E-state index is 14.2. The standard InChI is InChI=1S/C38H72N2O12/c1-15-27-38(10,45)31(41)24(6)39-19-20(2)17-36(8,44)33(52-35-30(46-13)26(40(11)12)16-21(3)48-35)22(4)29(23(5)34(43)50-27)51-28-18-37(9,47-14)32(42)25(7)49-28/h20-33,35,39,41-42,44-45H,15-19H2,1-14H3/t20-,21-,22+,23-,24-,25+,26+,27-,28+,29+,30-,31-,32+,33-,35?,36-,37-,38-/m1/s1. The molecule has 52 heavy (non-hydrogen) atoms. The number of hydrogen-bond donors (Lipinski definition) is 5. The lowest BCUT2D eigenvalue weighted by Crippen LogP contribution is -2.61. The van der Waals surface area contributed by atoms with Crippen molar-refractivity contribution in [2.75, 3.05) is 34.9 Å². The van der Waals surface area contributed by atoms with Crippen molar-refractivity contribution in [1.29, 1.82) is 0 Å². The van der Waals surface area contributed by atoms with E-state index in [2.05, 4.69) is 10.2 Å². The van der Waals surface area contributed by atoms with E-state index in [0.717, 1.165) is 0 Å². The summed E-state index contributed by atoms with van der Waals surface area (Å²) in [6.07, 6.45) is -6.93. The van der Waals surface area contributed by atoms with Gasteiger partial charge in [-0.2, -0.15) is 0 Å². The number of rotatable bonds is 8. The Balaban J connectivity index is 2.17. The normalized spacial score (nSPS) is 49.2. The zero-order chi connectivity index (χ0) is 39.5. The number of cyclic esters (lactones) is 1. The van der Waals surface area contributed by atoms with Crippen LogP contribution in [0.4, 0.5) is 0 Å². The molecule has 0 aromatic heterocycles. The molecule has 5 N–H and O–H groups in total. The number of esters is 1. The monoisotopic (exact) mass is 749 g/mol. The van der Waals surface area contributed by atoms with Gasteiger partial charge in [0.2, 0.25) is 0 Å². The molecule has 14 nitrogen and oxygen atoms in total. The fourth-order valence-corrected chi connectivity index (χ4v) is 8.61. The van der Waals surface area contributed by atoms with E-state index in [1.54, 1.807) is 48.7 Å². The van der Waals surface area contributed by atoms with E-state index >= 15 is 0 Å². The maximum Gasteiger partial charge on any atom is 0.311 e. The fraction of sp³-hybridized carbons (Fsp3) is 0.974. The van der Waals surface area contributed by atoms with Crippen LogP contribution in [-0.2, 0) is 38.0 Å². The first kappa shape index (κ1) is 45.4. The third-order valence-electron chi connectivity index (χ3n) is 12.0. The van der Waals surface area contributed by atoms with Gasteiger partial charge in [0.05, 0.1) is 41.5 Å². The number of aliphatic hydroxyl groups excluding tert-OH is 2. The van der Waals surface area contributed by atoms with Crippen LogP contribution in [0.15, 0.2) is 0 Å². The van der Waals surface area contributed by atoms with Crippen LogP contribution in [0.5, 0.6) is 0 Å². The molecular weight excluding hydrogens is 676 g/mol. The Morgan fingerprint density at radius 2 is 1.56 bits per heavy atom. The van der Waals surface area contributed by atoms with E-state index in [-0.39, 0.29) is 37.3 Å². The molecule has 1 unspecified atom stereocenters. The van der Waals surface area contributed by atoms with Gasteiger partial charge in [0, 0.05) is 38.6 Å². The molecule has 0 aromatic rings. The predicted molar refractivity (Wildman–Crippen MR) is 194 cm³/mol. The largest absolute Gasteiger partial charge is 0.459 e. The second kappa shape index (κ2) is 18.3. The Morgan fingerprint density at radius 1 is 0.923 bits per heavy atom. The second-order valence-corrected chi connectivity index (χ2v) is 16.9. The van der Waals surface area contributed by atoms with E-state index in [1.165, 1.54) is 14.0 Å². The molecule has 3 aliphatic heterocycles. The van der Waals surface area contributed by atoms with Crippen LogP contribution in [0.3, 0.4) is 0 Å². The van der Waals surface area contributed by atoms with Crippen LogP contribution in [0.2, 0.25) is 0 Å². The number of likely N-dealkylation sites (N-methyl/N-ethyl adjacent to an activating group) is 1. The van der Waals surface area contributed by atoms with Gasteiger partial charge in [0.1, 0.15) is 30.0 Å². The van der Waals surface area contributed by atoms with Crippen molar-refractivity contribution in [2.45, 2.75) is 185 Å². The lowest BCUT2D eigenvalue weighted by Gasteiger charge is -2.49. The van der Waals surface area contributed by atoms with Gasteiger partial charge in [0.15, 0.2) is 12.6 Å². The highest BCUT2D eigenvalue weighted by molar-refractivity contribution is 5.73. The topological polar surface area (TPSA) is 178 Å². The van der Waals surface area contributed by atoms with Gasteiger partial charge >= 0.3 is 5.97 Å². The van der Waals surface area contributed by atoms with Gasteiger partial charge in [0.25, 0.3) is 0 Å². The molecular formula is C38H72N2O12. The molecule has 0 aromatic carbocycles. The van der Waals surface area contributed by atoms with Crippen molar-refractivity contribution >= 4 is 5.97 Å². The molecule has 3 fully saturated rings. The summed E-state index contributed by atoms with van der Waals surface area (Å²) in [4.78, 5) is 16.3. The molecule has 306 valence electrons. The predicted octanol–water partition coefficient (Wildman–Crippen LogP) is 2.21. The molecule has 3 aliphatic rings. The lowest BCUT2D eigenvalue weighted by atomic mass is 9.77. The van der Waals surface area contributed by atoms with Crippen LogP contribution in [0.25, 0.3) is 0 Å². The minimum atomic E-state index is -1.79. The highest BCUT2D eigenvalue weighted by Crippen LogP contribution is 2.40. The quantitative estimate of drug-likeness (QED) is 0.228. The Hall–Kier alpha value is -1.01. The first-order chi connectivity index (χ1) is 24.0. The van der Waals surface area contributed by atoms with Crippen molar-refractivity contribution in [3.05, 3.63) is 0 Å². The Kier molecular flexibility index (Phi) is 16.0. The average molecular weight is 749 g/mol. The molecule has 0 spiro atoms. The lowest BCUT2D eigenvalue weighted by molar-refractivity contribution is -0.319. The van der Waals surface area contributed by atoms with E-state index in [0.29, 0.717) is 13.0 Å². The number of carbonyl (C=O) groups is 1. The van der Waals surface area contributed by atoms with Gasteiger partial charge in [-0.05, 0) is 94.3 Å². The highest BCUT2D eigenvalue weighted by Gasteiger charge is 2.52. The van der Waals surface area contributed by atoms with Crippen molar-refractivity contribution in [1.82, 2.24) is 10.2 Å². The molecule has 0 aliphatic carbocycles. The average Bonchev–Trinajstić information content (AvgIpc) is 3.07. The van der Waals surface area contributed by atoms with Gasteiger partial charge in [-0.1, -0.05) is 20.8 Å². The van der Waals surface area contributed by atoms with Crippen LogP contribution in [0, 0.1) is 17.8 Å². The number of aliphatic hydroxyl groups is 4. The minimum absolute atomic E-state index is 0.0349. The summed E-state index contributed by atoms with van der Waals surface area (Å²) < 4.78 is 44.0. The molecule has 0 amide bonds. The molecule has 0 saturated carbocycles. The van der Waals surface area contributed by atoms with E-state index < -0.39 is 96.0 Å². The summed E-state index contributed by atoms with van der Waals surface area (Å²) in [5.41, 5.74) is -4.29. The smallest absolute Gasteiger partial charge is 0.311 e. The fourth-order valence-electron chi connectivity index (χ4n) is 8.61. The zero-order valence-electron chi connectivity index (χ0n) is 34.2. The first-order valence-corrected chi connectivity index (χ1v) is 19.1. The molecule has 18 atom stereocenters. The molecule has 3 rings (SSSR count). The number of hydrogen-bond acceptors (Lipinski definition) is 14. The highest BCUT2D eigenvalue weighted by atomic mass is 16.7. The summed E-state index contributed by atoms with van der Waals surface area (Å²) in [6, 6.07) is -0.606. The number of nitrogens with zero attached hydrogens (tertiary/aromatic N) is 1. The first-order valence-electron chi connectivity index (χ1n) is 19.1. The van der Waals surface area contributed by atoms with Crippen LogP contribution < -0.4 is 5.32 Å². The van der Waals surface area contributed by atoms with Crippen LogP contribution in [0.1, 0.15) is 94.9 Å². The Labute approximate surface area is 312 Å². The van der Waals surface area contributed by atoms with Gasteiger partial charge in [-0.15, -0.1) is 0 Å². The number of methoxy groups -OCH3 is 2. The summed E-state index contributed by atoms with van der Waals surface area (Å²) >= 11 is 0. The molecule has 3 saturated heterocycles. The summed E-state index contributed by atoms with van der Waals surface area (Å²) in [5, 5.41) is 49.7. The molecule has 0 bridgehead atoms. The van der Waals surface area contributed by atoms with E-state index in [9.17, 15) is 25.2 Å². The summed E-state index contributed by atoms with van der Waals surface area (Å²) in [7, 11) is 7.10. The third-order valence-corrected chi connectivity index (χ3v) is 12.0. The molecule has 0 radical (unpaired) electrons. The number of ether oxygens (including phenoxy) is 7. The van der Waals surface area contributed by atoms with Crippen LogP contribution >= 0.6 is 0 Å². The molecule has 3 heterocycles. The number of carbonyl (C=O) groups excluding carboxylic acids is 1. The second-order valence-electron chi connectivity index (χ2n) is 16.9. The van der Waals surface area contributed by atoms with E-state index in [4.69, 9.17) is 33.2 Å². The summed E-state index contributed by atoms with van der Waals surface area (Å²) in [6.45, 7) is 18.2. The van der Waals surface area contributed by atoms with Crippen molar-refractivity contribution in [3.8, 4) is 0 Å². The SMILES string of the molecule is CC[C@H]1OC(=O)[C@H](C)[C@@H](O[C@H]2C[C@@](C)(OC)[C@@H](O)[C@H](C)O2)[C@H](C)[C@@H](OC2O[C@H](C)C[C@H](N(C)C)[C@H]2OC)[C@](C)(O)C[C@@H](C)CN[C@H](C)[C@@H](O)[C@]1(C)O. The van der Waals surface area contributed by atoms with Gasteiger partial charge in [-0.25, -0.2) is 0 Å². The Bertz CT molecular complexity index is 1130. The zero-order valence-corrected chi connectivity index (χ0v) is 34.2. The van der Waals surface area contributed by atoms with Crippen molar-refractivity contribution in [2.24, 2.45) is 17.8 Å². The Morgan fingerprint density at radius 3 is 2.12 bits per heavy atom. The maximum atomic E-state index is 14.2. The molecule has 14 heteroatoms. The minimum Gasteiger partial charge on any atom is -0.459 e. The third kappa shape index (κ3) is 10.2. The number of nitrogens with one attached hydrogen (secondary N) is 1. The summed E-state index contributed by atoms with van der Waals surface area (Å²) in [5.74, 6) is -2.46. The van der Waals surface area contributed by atoms with Crippen molar-refractivity contribution in [3.63, 3.8) is 0 Å². The van der Waals surface area contributed by atoms with Gasteiger partial charge < -0.3 is 63.8 Å². The van der Waals surface area contributed by atoms with Gasteiger partial charge in [-0.3, -0.25) is 4.79 Å². The van der Waals surface area contributed by atoms with Crippen LogP contribution in [-0.4, -0.2) is 156 Å². The van der Waals surface area contributed by atoms with E-state index in [1.807, 2.05) is 34.9 Å². The van der Waals surface area contributed by atoms with Crippen molar-refractivity contribution < 1.29 is 58.4 Å².